The van der Waals surface area contributed by atoms with Crippen LogP contribution < -0.4 is 26.0 Å². The molecule has 0 aliphatic heterocycles. The fraction of sp³-hybridized carbons (Fsp3) is 0.182. The lowest BCUT2D eigenvalue weighted by Crippen LogP contribution is -2.32. The number of hydrogen-bond donors (Lipinski definition) is 4. The number of nitrogens with one attached hydrogen (secondary N) is 4. The number of hydrogen-bond acceptors (Lipinski definition) is 11. The normalized spacial score (nSPS) is 12.6. The average molecular weight is 967 g/mol. The minimum atomic E-state index is -1.65. The van der Waals surface area contributed by atoms with Crippen LogP contribution in [0.25, 0.3) is 0 Å². The van der Waals surface area contributed by atoms with Gasteiger partial charge in [-0.25, -0.2) is 0 Å². The first-order chi connectivity index (χ1) is 30.5. The van der Waals surface area contributed by atoms with Crippen molar-refractivity contribution in [2.75, 3.05) is 21.3 Å². The summed E-state index contributed by atoms with van der Waals surface area (Å²) in [4.78, 5) is 78.2. The molecule has 0 saturated heterocycles. The standard InChI is InChI=1S/C44H37Cl5N8O7/c1-23(58)39(56-54-31-10-13-35(48)33(18-31)41(60)50-28-8-4-6-26(16-28)21-45)43(62)52-30-12-15-37(38(20-30)64-25(3)47)53-44(63)40(24(2)59)57-55-32-11-14-36(49)34(19-32)42(61)51-29-9-5-7-27(17-29)22-46/h4-20,25,39-40H,21-22H2,1-3H3,(H,50,60)(H,51,61)(H,52,62)(H,53,63). The maximum Gasteiger partial charge on any atom is 0.258 e. The predicted octanol–water partition coefficient (Wildman–Crippen LogP) is 11.3. The van der Waals surface area contributed by atoms with Crippen molar-refractivity contribution < 1.29 is 33.5 Å². The SMILES string of the molecule is CC(=O)C(N=Nc1ccc(Cl)c(C(=O)Nc2cccc(CCl)c2)c1)C(=O)Nc1ccc(NC(=O)C(N=Nc2ccc(Cl)c(C(=O)Nc3cccc(CCl)c3)c2)C(C)=O)c(OC(C)Cl)c1. The van der Waals surface area contributed by atoms with E-state index in [0.29, 0.717) is 11.4 Å². The number of alkyl halides is 3. The summed E-state index contributed by atoms with van der Waals surface area (Å²) >= 11 is 30.6. The smallest absolute Gasteiger partial charge is 0.258 e. The van der Waals surface area contributed by atoms with E-state index in [1.165, 1.54) is 61.5 Å². The third-order valence-electron chi connectivity index (χ3n) is 8.71. The van der Waals surface area contributed by atoms with Crippen molar-refractivity contribution in [2.24, 2.45) is 20.5 Å². The zero-order chi connectivity index (χ0) is 46.5. The molecule has 3 atom stereocenters. The summed E-state index contributed by atoms with van der Waals surface area (Å²) < 4.78 is 5.69. The summed E-state index contributed by atoms with van der Waals surface area (Å²) in [5, 5.41) is 26.9. The van der Waals surface area contributed by atoms with Crippen molar-refractivity contribution in [1.29, 1.82) is 0 Å². The Morgan fingerprint density at radius 2 is 1.03 bits per heavy atom. The van der Waals surface area contributed by atoms with Crippen LogP contribution in [0.4, 0.5) is 34.1 Å². The van der Waals surface area contributed by atoms with Gasteiger partial charge in [0.1, 0.15) is 5.75 Å². The van der Waals surface area contributed by atoms with Gasteiger partial charge in [-0.1, -0.05) is 59.1 Å². The second kappa shape index (κ2) is 22.9. The fourth-order valence-electron chi connectivity index (χ4n) is 5.63. The highest BCUT2D eigenvalue weighted by Gasteiger charge is 2.27. The Labute approximate surface area is 391 Å². The number of benzene rings is 5. The minimum Gasteiger partial charge on any atom is -0.473 e. The van der Waals surface area contributed by atoms with Crippen molar-refractivity contribution in [1.82, 2.24) is 0 Å². The Balaban J connectivity index is 1.29. The highest BCUT2D eigenvalue weighted by molar-refractivity contribution is 6.35. The molecule has 0 heterocycles. The highest BCUT2D eigenvalue weighted by Crippen LogP contribution is 2.31. The van der Waals surface area contributed by atoms with E-state index in [-0.39, 0.29) is 61.4 Å². The van der Waals surface area contributed by atoms with E-state index in [1.54, 1.807) is 48.5 Å². The highest BCUT2D eigenvalue weighted by atomic mass is 35.5. The second-order valence-electron chi connectivity index (χ2n) is 13.7. The number of carbonyl (C=O) groups excluding carboxylic acids is 6. The van der Waals surface area contributed by atoms with Crippen LogP contribution in [0, 0.1) is 0 Å². The number of nitrogens with zero attached hydrogens (tertiary/aromatic N) is 4. The first kappa shape index (κ1) is 48.8. The molecule has 64 heavy (non-hydrogen) atoms. The van der Waals surface area contributed by atoms with Crippen LogP contribution >= 0.6 is 58.0 Å². The summed E-state index contributed by atoms with van der Waals surface area (Å²) in [6, 6.07) is 23.1. The topological polar surface area (TPSA) is 209 Å². The monoisotopic (exact) mass is 964 g/mol. The van der Waals surface area contributed by atoms with Gasteiger partial charge in [0.05, 0.1) is 38.2 Å². The first-order valence-electron chi connectivity index (χ1n) is 19.0. The van der Waals surface area contributed by atoms with Crippen molar-refractivity contribution in [3.63, 3.8) is 0 Å². The van der Waals surface area contributed by atoms with Gasteiger partial charge in [0.2, 0.25) is 12.1 Å². The minimum absolute atomic E-state index is 0.0276. The van der Waals surface area contributed by atoms with Gasteiger partial charge in [-0.2, -0.15) is 20.5 Å². The molecule has 0 aliphatic carbocycles. The van der Waals surface area contributed by atoms with Crippen LogP contribution in [0.3, 0.4) is 0 Å². The van der Waals surface area contributed by atoms with Crippen LogP contribution in [0.1, 0.15) is 52.6 Å². The zero-order valence-electron chi connectivity index (χ0n) is 34.0. The molecule has 0 spiro atoms. The number of ketones is 2. The van der Waals surface area contributed by atoms with Gasteiger partial charge in [-0.15, -0.1) is 23.2 Å². The zero-order valence-corrected chi connectivity index (χ0v) is 37.8. The Bertz CT molecular complexity index is 2660. The molecule has 4 N–H and O–H groups in total. The van der Waals surface area contributed by atoms with Crippen molar-refractivity contribution in [3.8, 4) is 5.75 Å². The van der Waals surface area contributed by atoms with Gasteiger partial charge < -0.3 is 26.0 Å². The number of rotatable bonds is 18. The molecule has 0 bridgehead atoms. The van der Waals surface area contributed by atoms with E-state index < -0.39 is 52.8 Å². The molecule has 20 heteroatoms. The van der Waals surface area contributed by atoms with E-state index in [1.807, 2.05) is 0 Å². The Morgan fingerprint density at radius 3 is 1.47 bits per heavy atom. The molecule has 5 aromatic carbocycles. The largest absolute Gasteiger partial charge is 0.473 e. The summed E-state index contributed by atoms with van der Waals surface area (Å²) in [6.07, 6.45) is 0. The van der Waals surface area contributed by atoms with Crippen molar-refractivity contribution >= 4 is 127 Å². The lowest BCUT2D eigenvalue weighted by molar-refractivity contribution is -0.127. The molecule has 0 radical (unpaired) electrons. The van der Waals surface area contributed by atoms with Crippen LogP contribution in [-0.2, 0) is 30.9 Å². The van der Waals surface area contributed by atoms with E-state index in [4.69, 9.17) is 62.7 Å². The molecular formula is C44H37Cl5N8O7. The number of Topliss-reactive ketones (excluding diaryl/α,β-unsaturated/α-hetero) is 2. The second-order valence-corrected chi connectivity index (χ2v) is 15.7. The van der Waals surface area contributed by atoms with Gasteiger partial charge >= 0.3 is 0 Å². The molecule has 0 saturated carbocycles. The molecule has 4 amide bonds. The Kier molecular flexibility index (Phi) is 17.5. The number of halogens is 5. The average Bonchev–Trinajstić information content (AvgIpc) is 3.25. The number of carbonyl (C=O) groups is 6. The van der Waals surface area contributed by atoms with Crippen LogP contribution in [0.2, 0.25) is 10.0 Å². The van der Waals surface area contributed by atoms with Crippen molar-refractivity contribution in [3.05, 3.63) is 135 Å². The Morgan fingerprint density at radius 1 is 0.578 bits per heavy atom. The molecule has 0 aliphatic rings. The van der Waals surface area contributed by atoms with Crippen LogP contribution in [-0.4, -0.2) is 52.8 Å². The van der Waals surface area contributed by atoms with E-state index in [2.05, 4.69) is 41.7 Å². The quantitative estimate of drug-likeness (QED) is 0.0379. The Hall–Kier alpha value is -6.23. The summed E-state index contributed by atoms with van der Waals surface area (Å²) in [7, 11) is 0. The maximum atomic E-state index is 13.5. The van der Waals surface area contributed by atoms with E-state index in [0.717, 1.165) is 25.0 Å². The van der Waals surface area contributed by atoms with Gasteiger partial charge in [-0.3, -0.25) is 28.8 Å². The summed E-state index contributed by atoms with van der Waals surface area (Å²) in [6.45, 7) is 3.79. The number of azo groups is 2. The molecule has 0 aromatic heterocycles. The van der Waals surface area contributed by atoms with Gasteiger partial charge in [0, 0.05) is 34.9 Å². The molecule has 5 aromatic rings. The van der Waals surface area contributed by atoms with E-state index >= 15 is 0 Å². The van der Waals surface area contributed by atoms with E-state index in [9.17, 15) is 28.8 Å². The van der Waals surface area contributed by atoms with Gasteiger partial charge in [-0.05, 0) is 105 Å². The number of amides is 4. The molecule has 5 rings (SSSR count). The lowest BCUT2D eigenvalue weighted by atomic mass is 10.1. The maximum absolute atomic E-state index is 13.5. The summed E-state index contributed by atoms with van der Waals surface area (Å²) in [5.74, 6) is -3.70. The van der Waals surface area contributed by atoms with Gasteiger partial charge in [0.25, 0.3) is 23.6 Å². The summed E-state index contributed by atoms with van der Waals surface area (Å²) in [5.41, 5.74) is 2.15. The predicted molar refractivity (Wildman–Crippen MR) is 248 cm³/mol. The van der Waals surface area contributed by atoms with Crippen LogP contribution in [0.15, 0.2) is 124 Å². The lowest BCUT2D eigenvalue weighted by Gasteiger charge is -2.17. The number of ether oxygens (including phenoxy) is 1. The molecule has 15 nitrogen and oxygen atoms in total. The molecule has 330 valence electrons. The molecule has 3 unspecified atom stereocenters. The third kappa shape index (κ3) is 13.6. The van der Waals surface area contributed by atoms with Crippen LogP contribution in [0.5, 0.6) is 5.75 Å². The molecular weight excluding hydrogens is 930 g/mol. The number of anilines is 4. The third-order valence-corrected chi connectivity index (χ3v) is 10.1. The van der Waals surface area contributed by atoms with Crippen molar-refractivity contribution in [2.45, 2.75) is 50.2 Å². The van der Waals surface area contributed by atoms with Gasteiger partial charge in [0.15, 0.2) is 17.1 Å². The first-order valence-corrected chi connectivity index (χ1v) is 21.2. The fourth-order valence-corrected chi connectivity index (χ4v) is 6.47. The molecule has 0 fully saturated rings.